The van der Waals surface area contributed by atoms with Gasteiger partial charge in [-0.05, 0) is 77.6 Å². The lowest BCUT2D eigenvalue weighted by molar-refractivity contribution is -0.122. The van der Waals surface area contributed by atoms with Crippen molar-refractivity contribution in [3.63, 3.8) is 0 Å². The third-order valence-electron chi connectivity index (χ3n) is 8.53. The number of amides is 2. The summed E-state index contributed by atoms with van der Waals surface area (Å²) in [4.78, 5) is 75.5. The van der Waals surface area contributed by atoms with Gasteiger partial charge in [-0.2, -0.15) is 0 Å². The minimum Gasteiger partial charge on any atom is -0.507 e. The number of hydrogen-bond donors (Lipinski definition) is 5. The van der Waals surface area contributed by atoms with Crippen molar-refractivity contribution in [2.24, 2.45) is 0 Å². The molecule has 2 aliphatic carbocycles. The highest BCUT2D eigenvalue weighted by atomic mass is 16.3. The van der Waals surface area contributed by atoms with Gasteiger partial charge in [-0.3, -0.25) is 28.8 Å². The summed E-state index contributed by atoms with van der Waals surface area (Å²) in [5, 5.41) is 29.2. The Labute approximate surface area is 273 Å². The van der Waals surface area contributed by atoms with Gasteiger partial charge in [0.2, 0.25) is 11.8 Å². The van der Waals surface area contributed by atoms with Crippen molar-refractivity contribution in [2.75, 3.05) is 26.2 Å². The standard InChI is InChI=1S/C36H41N3O8/c1-21-23(35(46)31-25(33(21)44)11-3-13-27(31)40)9-5-15-29(42)38-19-7-17-37-18-8-20-39-30(43)16-6-10-24-22(2)34(45)26-12-4-14-28(41)32(26)36(24)47/h3-4,11-14,37,40-41H,5-10,15-20H2,1-2H3,(H,38,42)(H,39,43). The molecule has 0 radical (unpaired) electrons. The maximum absolute atomic E-state index is 12.9. The lowest BCUT2D eigenvalue weighted by Gasteiger charge is -2.19. The molecule has 0 aromatic heterocycles. The van der Waals surface area contributed by atoms with Crippen molar-refractivity contribution in [1.29, 1.82) is 0 Å². The molecular formula is C36H41N3O8. The molecule has 0 spiro atoms. The lowest BCUT2D eigenvalue weighted by Crippen LogP contribution is -2.29. The number of carbonyl (C=O) groups is 6. The van der Waals surface area contributed by atoms with Gasteiger partial charge < -0.3 is 26.2 Å². The minimum atomic E-state index is -0.366. The van der Waals surface area contributed by atoms with Crippen molar-refractivity contribution in [3.05, 3.63) is 80.9 Å². The first-order valence-corrected chi connectivity index (χ1v) is 16.0. The summed E-state index contributed by atoms with van der Waals surface area (Å²) in [6.07, 6.45) is 3.19. The Morgan fingerprint density at radius 1 is 0.574 bits per heavy atom. The predicted octanol–water partition coefficient (Wildman–Crippen LogP) is 4.13. The third-order valence-corrected chi connectivity index (χ3v) is 8.53. The van der Waals surface area contributed by atoms with Crippen LogP contribution in [0.3, 0.4) is 0 Å². The first kappa shape index (κ1) is 35.0. The summed E-state index contributed by atoms with van der Waals surface area (Å²) in [5.41, 5.74) is 1.86. The normalized spacial score (nSPS) is 14.3. The number of allylic oxidation sites excluding steroid dienone is 4. The molecule has 0 saturated carbocycles. The van der Waals surface area contributed by atoms with Crippen LogP contribution in [0, 0.1) is 0 Å². The largest absolute Gasteiger partial charge is 0.507 e. The van der Waals surface area contributed by atoms with Gasteiger partial charge >= 0.3 is 0 Å². The van der Waals surface area contributed by atoms with E-state index in [1.54, 1.807) is 13.8 Å². The molecule has 0 atom stereocenters. The maximum Gasteiger partial charge on any atom is 0.220 e. The van der Waals surface area contributed by atoms with Crippen LogP contribution in [0.15, 0.2) is 58.7 Å². The van der Waals surface area contributed by atoms with Gasteiger partial charge in [0.25, 0.3) is 0 Å². The van der Waals surface area contributed by atoms with Gasteiger partial charge in [-0.25, -0.2) is 0 Å². The van der Waals surface area contributed by atoms with Crippen LogP contribution in [0.4, 0.5) is 0 Å². The summed E-state index contributed by atoms with van der Waals surface area (Å²) in [6, 6.07) is 8.89. The van der Waals surface area contributed by atoms with Crippen LogP contribution in [-0.4, -0.2) is 71.3 Å². The van der Waals surface area contributed by atoms with Crippen molar-refractivity contribution >= 4 is 34.9 Å². The van der Waals surface area contributed by atoms with Crippen molar-refractivity contribution in [1.82, 2.24) is 16.0 Å². The van der Waals surface area contributed by atoms with Crippen LogP contribution in [0.5, 0.6) is 11.5 Å². The second-order valence-electron chi connectivity index (χ2n) is 11.8. The zero-order valence-corrected chi connectivity index (χ0v) is 26.8. The van der Waals surface area contributed by atoms with Crippen molar-refractivity contribution in [2.45, 2.75) is 65.2 Å². The molecule has 0 unspecified atom stereocenters. The van der Waals surface area contributed by atoms with E-state index in [0.29, 0.717) is 74.2 Å². The van der Waals surface area contributed by atoms with E-state index in [9.17, 15) is 39.0 Å². The number of phenols is 2. The molecule has 248 valence electrons. The van der Waals surface area contributed by atoms with Gasteiger partial charge in [-0.1, -0.05) is 24.3 Å². The highest BCUT2D eigenvalue weighted by molar-refractivity contribution is 6.28. The molecule has 2 aliphatic rings. The average molecular weight is 644 g/mol. The number of aromatic hydroxyl groups is 2. The SMILES string of the molecule is CC1=C(CCCC(=O)NCCCNCCCNC(=O)CCCC2=C(C)C(=O)c3cccc(O)c3C2=O)C(=O)c2c(O)cccc2C1=O. The molecule has 2 amide bonds. The highest BCUT2D eigenvalue weighted by Gasteiger charge is 2.33. The van der Waals surface area contributed by atoms with Gasteiger partial charge in [-0.15, -0.1) is 0 Å². The van der Waals surface area contributed by atoms with E-state index in [1.807, 2.05) is 0 Å². The Kier molecular flexibility index (Phi) is 12.0. The Balaban J connectivity index is 1.03. The van der Waals surface area contributed by atoms with Crippen LogP contribution < -0.4 is 16.0 Å². The summed E-state index contributed by atoms with van der Waals surface area (Å²) < 4.78 is 0. The molecule has 0 fully saturated rings. The zero-order chi connectivity index (χ0) is 34.1. The number of Topliss-reactive ketones (excluding diaryl/α,β-unsaturated/α-hetero) is 4. The Morgan fingerprint density at radius 2 is 0.979 bits per heavy atom. The molecule has 2 aromatic carbocycles. The number of rotatable bonds is 16. The average Bonchev–Trinajstić information content (AvgIpc) is 3.04. The minimum absolute atomic E-state index is 0.0315. The molecule has 2 aromatic rings. The fourth-order valence-electron chi connectivity index (χ4n) is 5.89. The number of fused-ring (bicyclic) bond motifs is 2. The number of phenolic OH excluding ortho intramolecular Hbond substituents is 2. The molecule has 0 heterocycles. The Hall–Kier alpha value is -4.90. The molecule has 11 nitrogen and oxygen atoms in total. The molecule has 0 saturated heterocycles. The van der Waals surface area contributed by atoms with E-state index >= 15 is 0 Å². The second kappa shape index (κ2) is 16.1. The second-order valence-corrected chi connectivity index (χ2v) is 11.8. The van der Waals surface area contributed by atoms with E-state index in [1.165, 1.54) is 36.4 Å². The number of hydrogen-bond acceptors (Lipinski definition) is 9. The first-order chi connectivity index (χ1) is 22.5. The highest BCUT2D eigenvalue weighted by Crippen LogP contribution is 2.35. The number of nitrogens with one attached hydrogen (secondary N) is 3. The first-order valence-electron chi connectivity index (χ1n) is 16.0. The van der Waals surface area contributed by atoms with Crippen molar-refractivity contribution < 1.29 is 39.0 Å². The molecule has 4 rings (SSSR count). The predicted molar refractivity (Wildman–Crippen MR) is 175 cm³/mol. The Morgan fingerprint density at radius 3 is 1.38 bits per heavy atom. The summed E-state index contributed by atoms with van der Waals surface area (Å²) in [6.45, 7) is 5.53. The number of carbonyl (C=O) groups excluding carboxylic acids is 6. The van der Waals surface area contributed by atoms with E-state index in [-0.39, 0.29) is 94.4 Å². The van der Waals surface area contributed by atoms with Crippen LogP contribution in [0.2, 0.25) is 0 Å². The molecule has 47 heavy (non-hydrogen) atoms. The molecule has 0 aliphatic heterocycles. The molecular weight excluding hydrogens is 602 g/mol. The molecule has 11 heteroatoms. The van der Waals surface area contributed by atoms with E-state index < -0.39 is 0 Å². The summed E-state index contributed by atoms with van der Waals surface area (Å²) in [7, 11) is 0. The van der Waals surface area contributed by atoms with Crippen LogP contribution >= 0.6 is 0 Å². The van der Waals surface area contributed by atoms with Crippen LogP contribution in [-0.2, 0) is 9.59 Å². The Bertz CT molecular complexity index is 1550. The van der Waals surface area contributed by atoms with Crippen LogP contribution in [0.1, 0.15) is 107 Å². The van der Waals surface area contributed by atoms with E-state index in [2.05, 4.69) is 16.0 Å². The van der Waals surface area contributed by atoms with Gasteiger partial charge in [0, 0.05) is 59.4 Å². The van der Waals surface area contributed by atoms with E-state index in [4.69, 9.17) is 0 Å². The smallest absolute Gasteiger partial charge is 0.220 e. The van der Waals surface area contributed by atoms with Gasteiger partial charge in [0.1, 0.15) is 11.5 Å². The number of ketones is 4. The quantitative estimate of drug-likeness (QED) is 0.168. The van der Waals surface area contributed by atoms with Crippen LogP contribution in [0.25, 0.3) is 0 Å². The molecule has 5 N–H and O–H groups in total. The third kappa shape index (κ3) is 8.28. The fourth-order valence-corrected chi connectivity index (χ4v) is 5.89. The zero-order valence-electron chi connectivity index (χ0n) is 26.8. The van der Waals surface area contributed by atoms with Gasteiger partial charge in [0.15, 0.2) is 23.1 Å². The lowest BCUT2D eigenvalue weighted by atomic mass is 9.82. The van der Waals surface area contributed by atoms with E-state index in [0.717, 1.165) is 0 Å². The van der Waals surface area contributed by atoms with Crippen molar-refractivity contribution in [3.8, 4) is 11.5 Å². The summed E-state index contributed by atoms with van der Waals surface area (Å²) in [5.74, 6) is -2.01. The monoisotopic (exact) mass is 643 g/mol. The molecule has 0 bridgehead atoms. The topological polar surface area (TPSA) is 179 Å². The summed E-state index contributed by atoms with van der Waals surface area (Å²) >= 11 is 0. The fraction of sp³-hybridized carbons (Fsp3) is 0.389. The maximum atomic E-state index is 12.9. The van der Waals surface area contributed by atoms with Gasteiger partial charge in [0.05, 0.1) is 11.1 Å². The number of benzene rings is 2.